The monoisotopic (exact) mass is 851 g/mol. The molecule has 9 aromatic carbocycles. The van der Waals surface area contributed by atoms with Crippen LogP contribution < -0.4 is 4.31 Å². The second-order valence-corrected chi connectivity index (χ2v) is 16.9. The Labute approximate surface area is 388 Å². The Morgan fingerprint density at radius 2 is 0.815 bits per heavy atom. The van der Waals surface area contributed by atoms with Gasteiger partial charge in [0.1, 0.15) is 0 Å². The van der Waals surface area contributed by atoms with E-state index in [2.05, 4.69) is 279 Å². The molecule has 9 aromatic rings. The van der Waals surface area contributed by atoms with E-state index in [1.165, 1.54) is 72.3 Å². The lowest BCUT2D eigenvalue weighted by molar-refractivity contribution is 1.39. The summed E-state index contributed by atoms with van der Waals surface area (Å²) in [5, 5.41) is 0. The smallest absolute Gasteiger partial charge is 0.0529 e. The maximum atomic E-state index is 4.02. The van der Waals surface area contributed by atoms with Gasteiger partial charge in [0.05, 0.1) is 11.4 Å². The van der Waals surface area contributed by atoms with Crippen molar-refractivity contribution in [1.29, 1.82) is 0 Å². The van der Waals surface area contributed by atoms with Crippen LogP contribution in [0.25, 0.3) is 74.4 Å². The molecule has 1 nitrogen and oxygen atoms in total. The second-order valence-electron chi connectivity index (χ2n) is 15.9. The molecule has 0 aliphatic rings. The lowest BCUT2D eigenvalue weighted by Gasteiger charge is -2.24. The Morgan fingerprint density at radius 3 is 1.42 bits per heavy atom. The lowest BCUT2D eigenvalue weighted by atomic mass is 9.95. The Bertz CT molecular complexity index is 3090. The maximum Gasteiger partial charge on any atom is 0.0529 e. The molecule has 0 N–H and O–H groups in total. The van der Waals surface area contributed by atoms with Crippen LogP contribution in [0.3, 0.4) is 0 Å². The molecule has 0 amide bonds. The molecule has 0 saturated heterocycles. The third-order valence-corrected chi connectivity index (χ3v) is 12.7. The normalized spacial score (nSPS) is 11.6. The predicted octanol–water partition coefficient (Wildman–Crippen LogP) is 18.1. The molecule has 0 aliphatic carbocycles. The van der Waals surface area contributed by atoms with Crippen molar-refractivity contribution in [3.8, 4) is 44.5 Å². The summed E-state index contributed by atoms with van der Waals surface area (Å²) < 4.78 is 2.30. The SMILES string of the molecule is C=Cc1ccccc1-c1ccccc1/C=C/C=C\c1ccccc1/C(C)=C/c1ccc(-c2ccc(SN(c3ccccc3)c3ccc(-c4ccc(-c5ccccc5)cc4)cc3)cc2)cc1. The van der Waals surface area contributed by atoms with Gasteiger partial charge in [0, 0.05) is 4.90 Å². The number of para-hydroxylation sites is 1. The van der Waals surface area contributed by atoms with Crippen LogP contribution in [0.1, 0.15) is 34.7 Å². The quantitative estimate of drug-likeness (QED) is 0.0609. The fraction of sp³-hybridized carbons (Fsp3) is 0.0159. The summed E-state index contributed by atoms with van der Waals surface area (Å²) in [7, 11) is 0. The minimum Gasteiger partial charge on any atom is -0.280 e. The first-order valence-corrected chi connectivity index (χ1v) is 22.8. The summed E-state index contributed by atoms with van der Waals surface area (Å²) in [5.41, 5.74) is 18.9. The third kappa shape index (κ3) is 10.3. The van der Waals surface area contributed by atoms with Gasteiger partial charge in [0.15, 0.2) is 0 Å². The van der Waals surface area contributed by atoms with E-state index in [0.717, 1.165) is 21.8 Å². The van der Waals surface area contributed by atoms with Crippen LogP contribution in [0.15, 0.2) is 254 Å². The fourth-order valence-electron chi connectivity index (χ4n) is 8.13. The number of rotatable bonds is 14. The van der Waals surface area contributed by atoms with Crippen LogP contribution >= 0.6 is 11.9 Å². The highest BCUT2D eigenvalue weighted by molar-refractivity contribution is 8.01. The van der Waals surface area contributed by atoms with E-state index in [9.17, 15) is 0 Å². The first-order chi connectivity index (χ1) is 32.1. The predicted molar refractivity (Wildman–Crippen MR) is 284 cm³/mol. The molecular weight excluding hydrogens is 803 g/mol. The van der Waals surface area contributed by atoms with E-state index in [1.807, 2.05) is 6.08 Å². The van der Waals surface area contributed by atoms with E-state index in [0.29, 0.717) is 0 Å². The fourth-order valence-corrected chi connectivity index (χ4v) is 9.06. The second kappa shape index (κ2) is 20.5. The lowest BCUT2D eigenvalue weighted by Crippen LogP contribution is -2.06. The van der Waals surface area contributed by atoms with Gasteiger partial charge in [-0.3, -0.25) is 4.31 Å². The van der Waals surface area contributed by atoms with Crippen LogP contribution in [0, 0.1) is 0 Å². The molecule has 0 radical (unpaired) electrons. The largest absolute Gasteiger partial charge is 0.280 e. The van der Waals surface area contributed by atoms with Crippen molar-refractivity contribution >= 4 is 53.2 Å². The van der Waals surface area contributed by atoms with Crippen molar-refractivity contribution in [2.24, 2.45) is 0 Å². The Kier molecular flexibility index (Phi) is 13.4. The van der Waals surface area contributed by atoms with Gasteiger partial charge in [-0.25, -0.2) is 0 Å². The molecule has 0 aliphatic heterocycles. The minimum atomic E-state index is 1.12. The standard InChI is InChI=1S/C63H49NS/c1-3-49-18-12-16-28-62(49)63-29-17-14-24-57(63)23-11-10-21-56-22-13-15-27-61(56)47(2)46-48-30-32-51(33-31-48)55-40-44-60(45-41-55)65-64(58-25-8-5-9-26-58)59-42-38-54(39-43-59)53-36-34-52(35-37-53)50-19-6-4-7-20-50/h3-46H,1H2,2H3/b21-10-,23-11+,47-46+. The van der Waals surface area contributed by atoms with Crippen LogP contribution in [-0.2, 0) is 0 Å². The molecule has 0 fully saturated rings. The van der Waals surface area contributed by atoms with Crippen LogP contribution in [0.5, 0.6) is 0 Å². The number of hydrogen-bond donors (Lipinski definition) is 0. The number of benzene rings is 9. The average Bonchev–Trinajstić information content (AvgIpc) is 3.38. The molecule has 65 heavy (non-hydrogen) atoms. The van der Waals surface area contributed by atoms with Crippen LogP contribution in [0.2, 0.25) is 0 Å². The summed E-state index contributed by atoms with van der Waals surface area (Å²) in [6.45, 7) is 6.22. The molecule has 312 valence electrons. The van der Waals surface area contributed by atoms with Crippen LogP contribution in [-0.4, -0.2) is 0 Å². The van der Waals surface area contributed by atoms with E-state index < -0.39 is 0 Å². The van der Waals surface area contributed by atoms with E-state index >= 15 is 0 Å². The van der Waals surface area contributed by atoms with Gasteiger partial charge in [0.25, 0.3) is 0 Å². The maximum absolute atomic E-state index is 4.02. The van der Waals surface area contributed by atoms with E-state index in [-0.39, 0.29) is 0 Å². The van der Waals surface area contributed by atoms with Crippen molar-refractivity contribution in [3.63, 3.8) is 0 Å². The zero-order valence-electron chi connectivity index (χ0n) is 36.5. The molecule has 0 aromatic heterocycles. The first kappa shape index (κ1) is 42.4. The number of anilines is 2. The topological polar surface area (TPSA) is 3.24 Å². The molecule has 0 atom stereocenters. The van der Waals surface area contributed by atoms with Crippen molar-refractivity contribution in [3.05, 3.63) is 277 Å². The molecule has 0 spiro atoms. The van der Waals surface area contributed by atoms with E-state index in [1.54, 1.807) is 11.9 Å². The van der Waals surface area contributed by atoms with Gasteiger partial charge in [-0.15, -0.1) is 0 Å². The summed E-state index contributed by atoms with van der Waals surface area (Å²) >= 11 is 1.73. The number of allylic oxidation sites excluding steroid dienone is 3. The summed E-state index contributed by atoms with van der Waals surface area (Å²) in [6.07, 6.45) is 12.8. The van der Waals surface area contributed by atoms with Gasteiger partial charge >= 0.3 is 0 Å². The Hall–Kier alpha value is -7.91. The third-order valence-electron chi connectivity index (χ3n) is 11.6. The average molecular weight is 852 g/mol. The number of hydrogen-bond acceptors (Lipinski definition) is 2. The highest BCUT2D eigenvalue weighted by Crippen LogP contribution is 2.39. The minimum absolute atomic E-state index is 1.12. The van der Waals surface area contributed by atoms with E-state index in [4.69, 9.17) is 0 Å². The van der Waals surface area contributed by atoms with Crippen molar-refractivity contribution in [1.82, 2.24) is 0 Å². The van der Waals surface area contributed by atoms with Crippen molar-refractivity contribution in [2.75, 3.05) is 4.31 Å². The summed E-state index contributed by atoms with van der Waals surface area (Å²) in [6, 6.07) is 82.0. The first-order valence-electron chi connectivity index (χ1n) is 22.0. The van der Waals surface area contributed by atoms with Crippen molar-refractivity contribution < 1.29 is 0 Å². The number of nitrogens with zero attached hydrogens (tertiary/aromatic N) is 1. The summed E-state index contributed by atoms with van der Waals surface area (Å²) in [4.78, 5) is 1.16. The van der Waals surface area contributed by atoms with Gasteiger partial charge in [-0.2, -0.15) is 0 Å². The molecule has 9 rings (SSSR count). The highest BCUT2D eigenvalue weighted by Gasteiger charge is 2.13. The zero-order valence-corrected chi connectivity index (χ0v) is 37.3. The summed E-state index contributed by atoms with van der Waals surface area (Å²) in [5.74, 6) is 0. The van der Waals surface area contributed by atoms with Gasteiger partial charge in [-0.05, 0) is 133 Å². The van der Waals surface area contributed by atoms with Gasteiger partial charge < -0.3 is 0 Å². The molecular formula is C63H49NS. The van der Waals surface area contributed by atoms with Gasteiger partial charge in [0.2, 0.25) is 0 Å². The van der Waals surface area contributed by atoms with Crippen LogP contribution in [0.4, 0.5) is 11.4 Å². The molecule has 0 unspecified atom stereocenters. The zero-order chi connectivity index (χ0) is 44.2. The molecule has 2 heteroatoms. The Morgan fingerprint density at radius 1 is 0.400 bits per heavy atom. The van der Waals surface area contributed by atoms with Gasteiger partial charge in [-0.1, -0.05) is 237 Å². The molecule has 0 bridgehead atoms. The molecule has 0 saturated carbocycles. The molecule has 0 heterocycles. The Balaban J connectivity index is 0.866. The highest BCUT2D eigenvalue weighted by atomic mass is 32.2. The van der Waals surface area contributed by atoms with Crippen molar-refractivity contribution in [2.45, 2.75) is 11.8 Å².